The first-order valence-electron chi connectivity index (χ1n) is 11.2. The van der Waals surface area contributed by atoms with E-state index in [1.165, 1.54) is 0 Å². The van der Waals surface area contributed by atoms with Gasteiger partial charge in [0.25, 0.3) is 5.91 Å². The summed E-state index contributed by atoms with van der Waals surface area (Å²) in [5.41, 5.74) is 9.88. The SMILES string of the molecule is COc1cccc(CCCNC(=O)c2ccc3[nH]c4c(c3c2)CC(N)CC42OC(=O)C(=O)O2)c1. The van der Waals surface area contributed by atoms with Crippen molar-refractivity contribution >= 4 is 28.7 Å². The summed E-state index contributed by atoms with van der Waals surface area (Å²) >= 11 is 0. The largest absolute Gasteiger partial charge is 0.497 e. The fourth-order valence-corrected chi connectivity index (χ4v) is 4.72. The summed E-state index contributed by atoms with van der Waals surface area (Å²) in [7, 11) is 1.64. The summed E-state index contributed by atoms with van der Waals surface area (Å²) in [4.78, 5) is 39.5. The fraction of sp³-hybridized carbons (Fsp3) is 0.320. The normalized spacial score (nSPS) is 18.5. The summed E-state index contributed by atoms with van der Waals surface area (Å²) in [6.45, 7) is 0.527. The first-order valence-corrected chi connectivity index (χ1v) is 11.2. The number of hydrogen-bond acceptors (Lipinski definition) is 7. The second kappa shape index (κ2) is 8.49. The van der Waals surface area contributed by atoms with Crippen molar-refractivity contribution in [2.45, 2.75) is 37.5 Å². The molecule has 2 heterocycles. The summed E-state index contributed by atoms with van der Waals surface area (Å²) in [6.07, 6.45) is 2.27. The molecule has 176 valence electrons. The molecule has 0 saturated carbocycles. The number of amides is 1. The van der Waals surface area contributed by atoms with E-state index in [0.29, 0.717) is 24.2 Å². The number of aryl methyl sites for hydroxylation is 1. The van der Waals surface area contributed by atoms with Crippen LogP contribution in [0.2, 0.25) is 0 Å². The fourth-order valence-electron chi connectivity index (χ4n) is 4.72. The van der Waals surface area contributed by atoms with Gasteiger partial charge in [-0.1, -0.05) is 12.1 Å². The molecule has 1 atom stereocenters. The minimum atomic E-state index is -1.54. The quantitative estimate of drug-likeness (QED) is 0.290. The van der Waals surface area contributed by atoms with E-state index >= 15 is 0 Å². The first-order chi connectivity index (χ1) is 16.4. The molecule has 1 aliphatic heterocycles. The third-order valence-electron chi connectivity index (χ3n) is 6.29. The van der Waals surface area contributed by atoms with E-state index in [4.69, 9.17) is 19.9 Å². The van der Waals surface area contributed by atoms with Gasteiger partial charge in [-0.25, -0.2) is 9.59 Å². The molecule has 0 bridgehead atoms. The van der Waals surface area contributed by atoms with E-state index in [0.717, 1.165) is 40.6 Å². The summed E-state index contributed by atoms with van der Waals surface area (Å²) < 4.78 is 15.9. The number of nitrogens with two attached hydrogens (primary N) is 1. The number of aromatic amines is 1. The molecule has 2 aromatic carbocycles. The van der Waals surface area contributed by atoms with Crippen LogP contribution in [0.25, 0.3) is 10.9 Å². The molecule has 1 saturated heterocycles. The van der Waals surface area contributed by atoms with E-state index in [1.54, 1.807) is 25.3 Å². The summed E-state index contributed by atoms with van der Waals surface area (Å²) in [6, 6.07) is 12.8. The van der Waals surface area contributed by atoms with Crippen LogP contribution in [0.15, 0.2) is 42.5 Å². The van der Waals surface area contributed by atoms with Gasteiger partial charge < -0.3 is 30.2 Å². The number of esters is 2. The van der Waals surface area contributed by atoms with E-state index in [-0.39, 0.29) is 18.4 Å². The Balaban J connectivity index is 1.31. The van der Waals surface area contributed by atoms with E-state index in [1.807, 2.05) is 24.3 Å². The summed E-state index contributed by atoms with van der Waals surface area (Å²) in [5, 5.41) is 3.74. The van der Waals surface area contributed by atoms with Gasteiger partial charge in [0.2, 0.25) is 0 Å². The molecule has 1 spiro atoms. The highest BCUT2D eigenvalue weighted by molar-refractivity contribution is 6.31. The van der Waals surface area contributed by atoms with Crippen molar-refractivity contribution in [3.8, 4) is 5.75 Å². The number of carbonyl (C=O) groups is 3. The lowest BCUT2D eigenvalue weighted by Gasteiger charge is -2.32. The van der Waals surface area contributed by atoms with Crippen LogP contribution < -0.4 is 15.8 Å². The van der Waals surface area contributed by atoms with Gasteiger partial charge in [0.05, 0.1) is 7.11 Å². The number of aromatic nitrogens is 1. The molecule has 1 aromatic heterocycles. The van der Waals surface area contributed by atoms with Crippen LogP contribution in [-0.2, 0) is 37.7 Å². The molecular formula is C25H25N3O6. The van der Waals surface area contributed by atoms with Crippen LogP contribution in [0.1, 0.15) is 40.0 Å². The van der Waals surface area contributed by atoms with E-state index in [2.05, 4.69) is 10.3 Å². The zero-order chi connectivity index (χ0) is 23.9. The van der Waals surface area contributed by atoms with Crippen molar-refractivity contribution in [3.05, 3.63) is 64.8 Å². The van der Waals surface area contributed by atoms with Crippen molar-refractivity contribution in [1.29, 1.82) is 0 Å². The predicted octanol–water partition coefficient (Wildman–Crippen LogP) is 2.07. The van der Waals surface area contributed by atoms with E-state index in [9.17, 15) is 14.4 Å². The molecule has 1 fully saturated rings. The van der Waals surface area contributed by atoms with Gasteiger partial charge >= 0.3 is 17.7 Å². The van der Waals surface area contributed by atoms with Crippen LogP contribution in [0.4, 0.5) is 0 Å². The standard InChI is InChI=1S/C25H25N3O6/c1-32-17-6-2-4-14(10-17)5-3-9-27-22(29)15-7-8-20-18(11-15)19-12-16(26)13-25(21(19)28-20)33-23(30)24(31)34-25/h2,4,6-8,10-11,16,28H,3,5,9,12-13,26H2,1H3,(H,27,29). The Bertz CT molecular complexity index is 1280. The molecule has 9 heteroatoms. The highest BCUT2D eigenvalue weighted by Crippen LogP contribution is 2.44. The zero-order valence-corrected chi connectivity index (χ0v) is 18.7. The smallest absolute Gasteiger partial charge is 0.421 e. The number of hydrogen-bond donors (Lipinski definition) is 3. The lowest BCUT2D eigenvalue weighted by atomic mass is 9.87. The minimum Gasteiger partial charge on any atom is -0.497 e. The number of H-pyrrole nitrogens is 1. The molecule has 1 amide bonds. The van der Waals surface area contributed by atoms with Gasteiger partial charge in [-0.15, -0.1) is 0 Å². The molecule has 3 aromatic rings. The lowest BCUT2D eigenvalue weighted by Crippen LogP contribution is -2.42. The number of rotatable bonds is 6. The molecule has 4 N–H and O–H groups in total. The van der Waals surface area contributed by atoms with Crippen LogP contribution in [-0.4, -0.2) is 42.5 Å². The average molecular weight is 463 g/mol. The van der Waals surface area contributed by atoms with Crippen molar-refractivity contribution in [1.82, 2.24) is 10.3 Å². The number of carbonyl (C=O) groups excluding carboxylic acids is 3. The Morgan fingerprint density at radius 3 is 2.76 bits per heavy atom. The van der Waals surface area contributed by atoms with Crippen LogP contribution >= 0.6 is 0 Å². The highest BCUT2D eigenvalue weighted by Gasteiger charge is 2.55. The Morgan fingerprint density at radius 2 is 2.00 bits per heavy atom. The Labute approximate surface area is 195 Å². The number of nitrogens with one attached hydrogen (secondary N) is 2. The maximum atomic E-state index is 12.8. The van der Waals surface area contributed by atoms with Crippen molar-refractivity contribution in [3.63, 3.8) is 0 Å². The summed E-state index contributed by atoms with van der Waals surface area (Å²) in [5.74, 6) is -2.98. The van der Waals surface area contributed by atoms with Gasteiger partial charge in [0.15, 0.2) is 0 Å². The van der Waals surface area contributed by atoms with Gasteiger partial charge in [-0.05, 0) is 60.7 Å². The zero-order valence-electron chi connectivity index (χ0n) is 18.7. The predicted molar refractivity (Wildman–Crippen MR) is 122 cm³/mol. The first kappa shape index (κ1) is 22.0. The maximum absolute atomic E-state index is 12.8. The number of benzene rings is 2. The second-order valence-electron chi connectivity index (χ2n) is 8.65. The highest BCUT2D eigenvalue weighted by atomic mass is 16.8. The van der Waals surface area contributed by atoms with Gasteiger partial charge in [-0.3, -0.25) is 4.79 Å². The molecule has 2 aliphatic rings. The van der Waals surface area contributed by atoms with Crippen molar-refractivity contribution < 1.29 is 28.6 Å². The third kappa shape index (κ3) is 3.88. The van der Waals surface area contributed by atoms with E-state index < -0.39 is 17.7 Å². The van der Waals surface area contributed by atoms with Gasteiger partial charge in [-0.2, -0.15) is 0 Å². The number of fused-ring (bicyclic) bond motifs is 4. The lowest BCUT2D eigenvalue weighted by molar-refractivity contribution is -0.192. The molecule has 1 unspecified atom stereocenters. The van der Waals surface area contributed by atoms with Gasteiger partial charge in [0, 0.05) is 35.5 Å². The Morgan fingerprint density at radius 1 is 1.21 bits per heavy atom. The van der Waals surface area contributed by atoms with Crippen LogP contribution in [0, 0.1) is 0 Å². The maximum Gasteiger partial charge on any atom is 0.421 e. The molecule has 1 aliphatic carbocycles. The van der Waals surface area contributed by atoms with Gasteiger partial charge in [0.1, 0.15) is 11.4 Å². The number of ether oxygens (including phenoxy) is 3. The van der Waals surface area contributed by atoms with Crippen LogP contribution in [0.3, 0.4) is 0 Å². The number of methoxy groups -OCH3 is 1. The Kier molecular flexibility index (Phi) is 5.49. The topological polar surface area (TPSA) is 133 Å². The minimum absolute atomic E-state index is 0.172. The van der Waals surface area contributed by atoms with Crippen molar-refractivity contribution in [2.75, 3.05) is 13.7 Å². The second-order valence-corrected chi connectivity index (χ2v) is 8.65. The monoisotopic (exact) mass is 463 g/mol. The van der Waals surface area contributed by atoms with Crippen LogP contribution in [0.5, 0.6) is 5.75 Å². The Hall–Kier alpha value is -3.85. The van der Waals surface area contributed by atoms with Crippen molar-refractivity contribution in [2.24, 2.45) is 5.73 Å². The average Bonchev–Trinajstić information content (AvgIpc) is 3.33. The molecule has 34 heavy (non-hydrogen) atoms. The third-order valence-corrected chi connectivity index (χ3v) is 6.29. The molecule has 5 rings (SSSR count). The molecule has 0 radical (unpaired) electrons. The molecular weight excluding hydrogens is 438 g/mol. The molecule has 9 nitrogen and oxygen atoms in total.